The Morgan fingerprint density at radius 2 is 1.80 bits per heavy atom. The van der Waals surface area contributed by atoms with E-state index >= 15 is 0 Å². The van der Waals surface area contributed by atoms with Gasteiger partial charge in [-0.3, -0.25) is 10.2 Å². The number of ether oxygens (including phenoxy) is 1. The number of para-hydroxylation sites is 1. The summed E-state index contributed by atoms with van der Waals surface area (Å²) in [6, 6.07) is 15.3. The van der Waals surface area contributed by atoms with Crippen LogP contribution in [0.1, 0.15) is 65.6 Å². The summed E-state index contributed by atoms with van der Waals surface area (Å²) in [4.78, 5) is 21.5. The Kier molecular flexibility index (Phi) is 6.11. The predicted octanol–water partition coefficient (Wildman–Crippen LogP) is 4.26. The van der Waals surface area contributed by atoms with E-state index in [4.69, 9.17) is 15.9 Å². The normalized spacial score (nSPS) is 16.5. The van der Waals surface area contributed by atoms with Crippen LogP contribution in [0.25, 0.3) is 0 Å². The number of rotatable bonds is 8. The first-order valence-electron chi connectivity index (χ1n) is 12.0. The number of nitrogen functional groups attached to an aromatic ring is 1. The van der Waals surface area contributed by atoms with Crippen molar-refractivity contribution in [2.24, 2.45) is 0 Å². The van der Waals surface area contributed by atoms with E-state index in [1.807, 2.05) is 36.4 Å². The molecule has 8 nitrogen and oxygen atoms in total. The zero-order valence-corrected chi connectivity index (χ0v) is 19.8. The fraction of sp³-hybridized carbons (Fsp3) is 0.333. The number of aromatic nitrogens is 2. The molecule has 0 aliphatic heterocycles. The molecule has 1 amide bonds. The highest BCUT2D eigenvalue weighted by Crippen LogP contribution is 2.46. The summed E-state index contributed by atoms with van der Waals surface area (Å²) in [5, 5.41) is 15.5. The van der Waals surface area contributed by atoms with Crippen LogP contribution in [-0.4, -0.2) is 34.7 Å². The van der Waals surface area contributed by atoms with Crippen LogP contribution in [0.2, 0.25) is 0 Å². The van der Waals surface area contributed by atoms with Crippen molar-refractivity contribution in [3.05, 3.63) is 77.1 Å². The van der Waals surface area contributed by atoms with Crippen LogP contribution in [0.5, 0.6) is 5.75 Å². The van der Waals surface area contributed by atoms with E-state index in [-0.39, 0.29) is 17.4 Å². The number of carbonyl (C=O) groups is 1. The Morgan fingerprint density at radius 3 is 2.49 bits per heavy atom. The van der Waals surface area contributed by atoms with E-state index in [0.717, 1.165) is 36.8 Å². The monoisotopic (exact) mass is 470 g/mol. The maximum absolute atomic E-state index is 13.0. The molecule has 0 unspecified atom stereocenters. The molecule has 2 aromatic carbocycles. The summed E-state index contributed by atoms with van der Waals surface area (Å²) >= 11 is 0. The summed E-state index contributed by atoms with van der Waals surface area (Å²) in [5.41, 5.74) is 8.84. The standard InChI is InChI=1S/C27H30N6O2/c1-35-21-9-5-4-8-20(21)26(34)33-27(14-15-27)18-12-10-17(11-13-18)23(28)22-24(29)30-16-31-25(22)32-19-6-2-3-7-19/h4-5,8-13,16,19,28H,2-3,6-7,14-15H2,1H3,(H,33,34)(H3,29,30,31,32). The third-order valence-electron chi connectivity index (χ3n) is 7.00. The van der Waals surface area contributed by atoms with Crippen molar-refractivity contribution >= 4 is 23.3 Å². The minimum absolute atomic E-state index is 0.159. The molecule has 35 heavy (non-hydrogen) atoms. The molecule has 2 saturated carbocycles. The molecular formula is C27H30N6O2. The Hall–Kier alpha value is -3.94. The zero-order chi connectivity index (χ0) is 24.4. The number of anilines is 2. The lowest BCUT2D eigenvalue weighted by atomic mass is 9.97. The summed E-state index contributed by atoms with van der Waals surface area (Å²) in [6.07, 6.45) is 7.73. The zero-order valence-electron chi connectivity index (χ0n) is 19.8. The molecule has 8 heteroatoms. The van der Waals surface area contributed by atoms with Crippen LogP contribution in [0.15, 0.2) is 54.9 Å². The highest BCUT2D eigenvalue weighted by atomic mass is 16.5. The van der Waals surface area contributed by atoms with Crippen molar-refractivity contribution in [3.8, 4) is 5.75 Å². The molecule has 0 radical (unpaired) electrons. The number of nitrogens with two attached hydrogens (primary N) is 1. The lowest BCUT2D eigenvalue weighted by Gasteiger charge is -2.20. The Bertz CT molecular complexity index is 1250. The number of hydrogen-bond acceptors (Lipinski definition) is 7. The summed E-state index contributed by atoms with van der Waals surface area (Å²) < 4.78 is 5.34. The lowest BCUT2D eigenvalue weighted by Crippen LogP contribution is -2.35. The lowest BCUT2D eigenvalue weighted by molar-refractivity contribution is 0.0927. The number of carbonyl (C=O) groups excluding carboxylic acids is 1. The maximum Gasteiger partial charge on any atom is 0.255 e. The first-order valence-corrected chi connectivity index (χ1v) is 12.0. The largest absolute Gasteiger partial charge is 0.496 e. The van der Waals surface area contributed by atoms with E-state index in [2.05, 4.69) is 20.6 Å². The van der Waals surface area contributed by atoms with Crippen LogP contribution >= 0.6 is 0 Å². The van der Waals surface area contributed by atoms with Crippen LogP contribution < -0.4 is 21.1 Å². The van der Waals surface area contributed by atoms with Crippen molar-refractivity contribution < 1.29 is 9.53 Å². The summed E-state index contributed by atoms with van der Waals surface area (Å²) in [7, 11) is 1.56. The molecule has 180 valence electrons. The van der Waals surface area contributed by atoms with Crippen molar-refractivity contribution in [2.45, 2.75) is 50.1 Å². The van der Waals surface area contributed by atoms with Crippen LogP contribution in [-0.2, 0) is 5.54 Å². The molecule has 5 rings (SSSR count). The van der Waals surface area contributed by atoms with Gasteiger partial charge in [-0.25, -0.2) is 9.97 Å². The SMILES string of the molecule is COc1ccccc1C(=O)NC1(c2ccc(C(=N)c3c(N)ncnc3NC3CCCC3)cc2)CC1. The molecule has 1 heterocycles. The molecule has 0 saturated heterocycles. The Labute approximate surface area is 204 Å². The van der Waals surface area contributed by atoms with Gasteiger partial charge < -0.3 is 21.1 Å². The van der Waals surface area contributed by atoms with E-state index in [1.165, 1.54) is 19.2 Å². The highest BCUT2D eigenvalue weighted by molar-refractivity contribution is 6.16. The second-order valence-electron chi connectivity index (χ2n) is 9.30. The van der Waals surface area contributed by atoms with E-state index in [0.29, 0.717) is 28.7 Å². The number of nitrogens with one attached hydrogen (secondary N) is 3. The van der Waals surface area contributed by atoms with Gasteiger partial charge in [0, 0.05) is 11.6 Å². The average Bonchev–Trinajstić information content (AvgIpc) is 3.48. The highest BCUT2D eigenvalue weighted by Gasteiger charge is 2.46. The summed E-state index contributed by atoms with van der Waals surface area (Å²) in [6.45, 7) is 0. The molecule has 1 aromatic heterocycles. The first kappa shape index (κ1) is 22.8. The van der Waals surface area contributed by atoms with E-state index in [9.17, 15) is 4.79 Å². The van der Waals surface area contributed by atoms with Crippen LogP contribution in [0.4, 0.5) is 11.6 Å². The molecule has 3 aromatic rings. The predicted molar refractivity (Wildman–Crippen MR) is 136 cm³/mol. The number of methoxy groups -OCH3 is 1. The van der Waals surface area contributed by atoms with E-state index < -0.39 is 5.54 Å². The van der Waals surface area contributed by atoms with Gasteiger partial charge in [-0.2, -0.15) is 0 Å². The quantitative estimate of drug-likeness (QED) is 0.365. The smallest absolute Gasteiger partial charge is 0.255 e. The van der Waals surface area contributed by atoms with Gasteiger partial charge >= 0.3 is 0 Å². The minimum Gasteiger partial charge on any atom is -0.496 e. The average molecular weight is 471 g/mol. The first-order chi connectivity index (χ1) is 17.0. The molecule has 5 N–H and O–H groups in total. The van der Waals surface area contributed by atoms with Gasteiger partial charge in [0.2, 0.25) is 0 Å². The molecule has 2 fully saturated rings. The van der Waals surface area contributed by atoms with Gasteiger partial charge in [-0.1, -0.05) is 49.2 Å². The van der Waals surface area contributed by atoms with Gasteiger partial charge in [-0.05, 0) is 43.4 Å². The van der Waals surface area contributed by atoms with E-state index in [1.54, 1.807) is 19.2 Å². The fourth-order valence-corrected chi connectivity index (χ4v) is 4.85. The van der Waals surface area contributed by atoms with Gasteiger partial charge in [0.15, 0.2) is 0 Å². The second kappa shape index (κ2) is 9.37. The molecule has 0 spiro atoms. The molecule has 0 bridgehead atoms. The van der Waals surface area contributed by atoms with Crippen molar-refractivity contribution in [1.29, 1.82) is 5.41 Å². The number of nitrogens with zero attached hydrogens (tertiary/aromatic N) is 2. The summed E-state index contributed by atoms with van der Waals surface area (Å²) in [5.74, 6) is 1.29. The number of hydrogen-bond donors (Lipinski definition) is 4. The maximum atomic E-state index is 13.0. The van der Waals surface area contributed by atoms with Gasteiger partial charge in [-0.15, -0.1) is 0 Å². The minimum atomic E-state index is -0.400. The van der Waals surface area contributed by atoms with Crippen molar-refractivity contribution in [2.75, 3.05) is 18.2 Å². The Morgan fingerprint density at radius 1 is 1.09 bits per heavy atom. The topological polar surface area (TPSA) is 126 Å². The van der Waals surface area contributed by atoms with Crippen molar-refractivity contribution in [1.82, 2.24) is 15.3 Å². The molecule has 2 aliphatic rings. The van der Waals surface area contributed by atoms with Gasteiger partial charge in [0.1, 0.15) is 23.7 Å². The molecular weight excluding hydrogens is 440 g/mol. The second-order valence-corrected chi connectivity index (χ2v) is 9.30. The Balaban J connectivity index is 1.35. The molecule has 0 atom stereocenters. The van der Waals surface area contributed by atoms with Crippen molar-refractivity contribution in [3.63, 3.8) is 0 Å². The van der Waals surface area contributed by atoms with Gasteiger partial charge in [0.05, 0.1) is 29.5 Å². The van der Waals surface area contributed by atoms with Crippen LogP contribution in [0.3, 0.4) is 0 Å². The number of benzene rings is 2. The number of amides is 1. The fourth-order valence-electron chi connectivity index (χ4n) is 4.85. The third kappa shape index (κ3) is 4.56. The third-order valence-corrected chi connectivity index (χ3v) is 7.00. The molecule has 2 aliphatic carbocycles. The van der Waals surface area contributed by atoms with Crippen LogP contribution in [0, 0.1) is 5.41 Å². The van der Waals surface area contributed by atoms with Gasteiger partial charge in [0.25, 0.3) is 5.91 Å².